The van der Waals surface area contributed by atoms with Crippen LogP contribution in [0.5, 0.6) is 11.8 Å². The SMILES string of the molecule is CCOc1c2c(nn1C)C(=O)N(C)CCOc1c(cnn1C)-c1cc3c(n[nH]c3cn1)C=C2. The highest BCUT2D eigenvalue weighted by Gasteiger charge is 2.25. The first-order chi connectivity index (χ1) is 16.0. The highest BCUT2D eigenvalue weighted by atomic mass is 16.5. The van der Waals surface area contributed by atoms with E-state index in [9.17, 15) is 4.79 Å². The summed E-state index contributed by atoms with van der Waals surface area (Å²) in [7, 11) is 5.28. The number of H-pyrrole nitrogens is 1. The Morgan fingerprint density at radius 3 is 2.85 bits per heavy atom. The van der Waals surface area contributed by atoms with E-state index in [-0.39, 0.29) is 12.5 Å². The lowest BCUT2D eigenvalue weighted by Gasteiger charge is -2.17. The van der Waals surface area contributed by atoms with Crippen molar-refractivity contribution in [2.24, 2.45) is 14.1 Å². The summed E-state index contributed by atoms with van der Waals surface area (Å²) in [5, 5.41) is 17.1. The van der Waals surface area contributed by atoms with Crippen molar-refractivity contribution < 1.29 is 14.3 Å². The summed E-state index contributed by atoms with van der Waals surface area (Å²) in [5.74, 6) is 0.872. The van der Waals surface area contributed by atoms with Gasteiger partial charge in [-0.1, -0.05) is 0 Å². The third kappa shape index (κ3) is 3.51. The number of ether oxygens (including phenoxy) is 2. The van der Waals surface area contributed by atoms with Crippen LogP contribution in [0.4, 0.5) is 0 Å². The summed E-state index contributed by atoms with van der Waals surface area (Å²) in [6, 6.07) is 1.95. The van der Waals surface area contributed by atoms with Crippen molar-refractivity contribution in [3.63, 3.8) is 0 Å². The van der Waals surface area contributed by atoms with Gasteiger partial charge in [-0.3, -0.25) is 14.9 Å². The molecule has 2 bridgehead atoms. The van der Waals surface area contributed by atoms with Crippen molar-refractivity contribution in [2.45, 2.75) is 6.92 Å². The minimum Gasteiger partial charge on any atom is -0.478 e. The van der Waals surface area contributed by atoms with Crippen LogP contribution in [0.2, 0.25) is 0 Å². The zero-order valence-electron chi connectivity index (χ0n) is 18.9. The van der Waals surface area contributed by atoms with Crippen LogP contribution in [0.1, 0.15) is 28.7 Å². The Morgan fingerprint density at radius 2 is 2.03 bits per heavy atom. The summed E-state index contributed by atoms with van der Waals surface area (Å²) in [6.07, 6.45) is 7.13. The maximum Gasteiger partial charge on any atom is 0.274 e. The van der Waals surface area contributed by atoms with Gasteiger partial charge in [-0.2, -0.15) is 15.3 Å². The first-order valence-electron chi connectivity index (χ1n) is 10.6. The summed E-state index contributed by atoms with van der Waals surface area (Å²) < 4.78 is 15.1. The predicted octanol–water partition coefficient (Wildman–Crippen LogP) is 2.13. The number of aromatic nitrogens is 7. The van der Waals surface area contributed by atoms with Gasteiger partial charge in [0.15, 0.2) is 5.69 Å². The van der Waals surface area contributed by atoms with Crippen molar-refractivity contribution in [3.05, 3.63) is 35.4 Å². The molecule has 0 aromatic carbocycles. The van der Waals surface area contributed by atoms with Gasteiger partial charge in [-0.15, -0.1) is 0 Å². The second-order valence-corrected chi connectivity index (χ2v) is 7.74. The summed E-state index contributed by atoms with van der Waals surface area (Å²) in [4.78, 5) is 19.4. The fourth-order valence-electron chi connectivity index (χ4n) is 3.85. The second-order valence-electron chi connectivity index (χ2n) is 7.74. The molecule has 4 aromatic heterocycles. The molecule has 33 heavy (non-hydrogen) atoms. The zero-order chi connectivity index (χ0) is 23.1. The Labute approximate surface area is 189 Å². The lowest BCUT2D eigenvalue weighted by molar-refractivity contribution is 0.0765. The molecule has 11 heteroatoms. The van der Waals surface area contributed by atoms with Crippen LogP contribution in [0, 0.1) is 0 Å². The topological polar surface area (TPSA) is 116 Å². The molecule has 0 unspecified atom stereocenters. The lowest BCUT2D eigenvalue weighted by Crippen LogP contribution is -2.31. The minimum atomic E-state index is -0.227. The first-order valence-corrected chi connectivity index (χ1v) is 10.6. The molecule has 0 spiro atoms. The third-order valence-electron chi connectivity index (χ3n) is 5.57. The quantitative estimate of drug-likeness (QED) is 0.499. The first kappa shape index (κ1) is 20.7. The number of carbonyl (C=O) groups excluding carboxylic acids is 1. The number of likely N-dealkylation sites (N-methyl/N-ethyl adjacent to an activating group) is 1. The molecule has 0 saturated carbocycles. The molecule has 1 aliphatic rings. The third-order valence-corrected chi connectivity index (χ3v) is 5.57. The van der Waals surface area contributed by atoms with E-state index in [1.165, 1.54) is 0 Å². The van der Waals surface area contributed by atoms with E-state index in [1.807, 2.05) is 32.2 Å². The average molecular weight is 448 g/mol. The van der Waals surface area contributed by atoms with Crippen LogP contribution >= 0.6 is 0 Å². The molecule has 0 atom stereocenters. The van der Waals surface area contributed by atoms with Gasteiger partial charge < -0.3 is 14.4 Å². The molecule has 1 aliphatic heterocycles. The molecule has 0 saturated heterocycles. The van der Waals surface area contributed by atoms with E-state index in [2.05, 4.69) is 25.4 Å². The fraction of sp³-hybridized carbons (Fsp3) is 0.318. The van der Waals surface area contributed by atoms with E-state index in [0.29, 0.717) is 41.9 Å². The highest BCUT2D eigenvalue weighted by Crippen LogP contribution is 2.32. The number of amides is 1. The largest absolute Gasteiger partial charge is 0.478 e. The van der Waals surface area contributed by atoms with Crippen LogP contribution in [-0.2, 0) is 14.1 Å². The predicted molar refractivity (Wildman–Crippen MR) is 122 cm³/mol. The molecule has 5 rings (SSSR count). The molecular weight excluding hydrogens is 424 g/mol. The second kappa shape index (κ2) is 8.08. The van der Waals surface area contributed by atoms with Crippen molar-refractivity contribution in [2.75, 3.05) is 26.8 Å². The van der Waals surface area contributed by atoms with Crippen LogP contribution in [0.15, 0.2) is 18.5 Å². The van der Waals surface area contributed by atoms with Gasteiger partial charge in [0.25, 0.3) is 5.91 Å². The fourth-order valence-corrected chi connectivity index (χ4v) is 3.85. The average Bonchev–Trinajstić information content (AvgIpc) is 3.47. The molecule has 1 N–H and O–H groups in total. The van der Waals surface area contributed by atoms with Gasteiger partial charge in [0, 0.05) is 26.5 Å². The molecule has 11 nitrogen and oxygen atoms in total. The Bertz CT molecular complexity index is 1380. The molecule has 0 fully saturated rings. The number of rotatable bonds is 2. The molecule has 1 amide bonds. The Balaban J connectivity index is 1.70. The van der Waals surface area contributed by atoms with Crippen molar-refractivity contribution >= 4 is 29.0 Å². The van der Waals surface area contributed by atoms with Crippen LogP contribution in [0.25, 0.3) is 34.3 Å². The van der Waals surface area contributed by atoms with Gasteiger partial charge in [-0.05, 0) is 25.1 Å². The lowest BCUT2D eigenvalue weighted by atomic mass is 10.1. The molecular formula is C22H24N8O3. The monoisotopic (exact) mass is 448 g/mol. The van der Waals surface area contributed by atoms with Crippen molar-refractivity contribution in [1.29, 1.82) is 0 Å². The van der Waals surface area contributed by atoms with E-state index in [1.54, 1.807) is 40.8 Å². The maximum atomic E-state index is 13.3. The van der Waals surface area contributed by atoms with Crippen molar-refractivity contribution in [1.82, 2.24) is 39.6 Å². The Morgan fingerprint density at radius 1 is 1.18 bits per heavy atom. The molecule has 0 aliphatic carbocycles. The minimum absolute atomic E-state index is 0.227. The summed E-state index contributed by atoms with van der Waals surface area (Å²) in [6.45, 7) is 2.99. The summed E-state index contributed by atoms with van der Waals surface area (Å²) in [5.41, 5.74) is 3.89. The zero-order valence-corrected chi connectivity index (χ0v) is 18.9. The van der Waals surface area contributed by atoms with Crippen LogP contribution in [0.3, 0.4) is 0 Å². The van der Waals surface area contributed by atoms with E-state index >= 15 is 0 Å². The van der Waals surface area contributed by atoms with Gasteiger partial charge in [0.1, 0.15) is 6.61 Å². The molecule has 5 heterocycles. The Hall–Kier alpha value is -4.15. The van der Waals surface area contributed by atoms with Crippen LogP contribution in [-0.4, -0.2) is 72.4 Å². The van der Waals surface area contributed by atoms with E-state index in [0.717, 1.165) is 22.2 Å². The molecule has 4 aromatic rings. The number of fused-ring (bicyclic) bond motifs is 4. The highest BCUT2D eigenvalue weighted by molar-refractivity contribution is 5.99. The van der Waals surface area contributed by atoms with Gasteiger partial charge in [0.2, 0.25) is 11.8 Å². The number of nitrogens with zero attached hydrogens (tertiary/aromatic N) is 7. The van der Waals surface area contributed by atoms with Gasteiger partial charge in [-0.25, -0.2) is 9.36 Å². The number of hydrogen-bond donors (Lipinski definition) is 1. The number of aromatic amines is 1. The number of pyridine rings is 1. The van der Waals surface area contributed by atoms with Crippen molar-refractivity contribution in [3.8, 4) is 23.0 Å². The molecule has 0 radical (unpaired) electrons. The molecule has 170 valence electrons. The van der Waals surface area contributed by atoms with E-state index < -0.39 is 0 Å². The normalized spacial score (nSPS) is 14.1. The standard InChI is InChI=1S/C22H24N8O3/c1-5-32-21-13-6-7-16-14-10-17(23-12-18(14)26-25-16)15-11-24-29(3)22(15)33-9-8-28(2)20(31)19(13)27-30(21)4/h6-7,10-12H,5,8-9H2,1-4H3,(H,25,26). The maximum absolute atomic E-state index is 13.3. The number of aryl methyl sites for hydroxylation is 2. The summed E-state index contributed by atoms with van der Waals surface area (Å²) >= 11 is 0. The number of nitrogens with one attached hydrogen (secondary N) is 1. The number of carbonyl (C=O) groups is 1. The smallest absolute Gasteiger partial charge is 0.274 e. The van der Waals surface area contributed by atoms with Gasteiger partial charge in [0.05, 0.1) is 53.6 Å². The number of hydrogen-bond acceptors (Lipinski definition) is 7. The van der Waals surface area contributed by atoms with E-state index in [4.69, 9.17) is 9.47 Å². The Kier molecular flexibility index (Phi) is 5.08. The van der Waals surface area contributed by atoms with Gasteiger partial charge >= 0.3 is 0 Å². The van der Waals surface area contributed by atoms with Crippen LogP contribution < -0.4 is 9.47 Å².